The molecule has 0 aliphatic carbocycles. The Bertz CT molecular complexity index is 717. The molecule has 1 aromatic heterocycles. The van der Waals surface area contributed by atoms with Gasteiger partial charge in [0.15, 0.2) is 14.9 Å². The zero-order valence-corrected chi connectivity index (χ0v) is 12.7. The van der Waals surface area contributed by atoms with E-state index >= 15 is 0 Å². The van der Waals surface area contributed by atoms with Gasteiger partial charge in [-0.25, -0.2) is 26.4 Å². The summed E-state index contributed by atoms with van der Waals surface area (Å²) in [6.07, 6.45) is 1.85. The maximum Gasteiger partial charge on any atom is 0.340 e. The van der Waals surface area contributed by atoms with Gasteiger partial charge < -0.3 is 5.11 Å². The second kappa shape index (κ2) is 5.14. The van der Waals surface area contributed by atoms with E-state index in [1.165, 1.54) is 13.8 Å². The van der Waals surface area contributed by atoms with Gasteiger partial charge in [0.25, 0.3) is 10.0 Å². The zero-order chi connectivity index (χ0) is 15.8. The van der Waals surface area contributed by atoms with Gasteiger partial charge in [0.2, 0.25) is 0 Å². The van der Waals surface area contributed by atoms with Gasteiger partial charge in [0, 0.05) is 12.8 Å². The summed E-state index contributed by atoms with van der Waals surface area (Å²) in [7, 11) is -7.69. The molecule has 0 unspecified atom stereocenters. The summed E-state index contributed by atoms with van der Waals surface area (Å²) in [5, 5.41) is 13.6. The fourth-order valence-electron chi connectivity index (χ4n) is 1.10. The second-order valence-corrected chi connectivity index (χ2v) is 9.13. The molecule has 0 amide bonds. The molecule has 3 N–H and O–H groups in total. The SMILES string of the molecule is CC(C)(CNS(=O)(=O)c1[nH]ncc1C(=O)O)S(C)(=O)=O. The molecule has 0 aliphatic heterocycles. The molecular formula is C9H15N3O6S2. The van der Waals surface area contributed by atoms with E-state index in [-0.39, 0.29) is 0 Å². The Balaban J connectivity index is 3.03. The van der Waals surface area contributed by atoms with Crippen molar-refractivity contribution in [1.82, 2.24) is 14.9 Å². The van der Waals surface area contributed by atoms with E-state index in [1.807, 2.05) is 0 Å². The van der Waals surface area contributed by atoms with Crippen molar-refractivity contribution in [2.45, 2.75) is 23.6 Å². The van der Waals surface area contributed by atoms with Crippen LogP contribution >= 0.6 is 0 Å². The normalized spacial score (nSPS) is 13.3. The van der Waals surface area contributed by atoms with E-state index < -0.39 is 47.7 Å². The van der Waals surface area contributed by atoms with E-state index in [1.54, 1.807) is 0 Å². The van der Waals surface area contributed by atoms with E-state index in [2.05, 4.69) is 14.9 Å². The van der Waals surface area contributed by atoms with Crippen LogP contribution < -0.4 is 4.72 Å². The van der Waals surface area contributed by atoms with Crippen molar-refractivity contribution >= 4 is 25.8 Å². The lowest BCUT2D eigenvalue weighted by molar-refractivity contribution is 0.0692. The van der Waals surface area contributed by atoms with E-state index in [0.717, 1.165) is 12.5 Å². The number of carboxylic acid groups (broad SMARTS) is 1. The number of rotatable bonds is 6. The van der Waals surface area contributed by atoms with Crippen LogP contribution in [-0.4, -0.2) is 55.7 Å². The number of nitrogens with zero attached hydrogens (tertiary/aromatic N) is 1. The van der Waals surface area contributed by atoms with Crippen LogP contribution in [0, 0.1) is 0 Å². The number of H-pyrrole nitrogens is 1. The van der Waals surface area contributed by atoms with Crippen LogP contribution in [-0.2, 0) is 19.9 Å². The highest BCUT2D eigenvalue weighted by Gasteiger charge is 2.33. The summed E-state index contributed by atoms with van der Waals surface area (Å²) in [5.74, 6) is -1.46. The third-order valence-corrected chi connectivity index (χ3v) is 6.32. The lowest BCUT2D eigenvalue weighted by Gasteiger charge is -2.22. The predicted molar refractivity (Wildman–Crippen MR) is 69.7 cm³/mol. The monoisotopic (exact) mass is 325 g/mol. The number of hydrogen-bond donors (Lipinski definition) is 3. The van der Waals surface area contributed by atoms with Gasteiger partial charge in [-0.2, -0.15) is 5.10 Å². The highest BCUT2D eigenvalue weighted by molar-refractivity contribution is 7.92. The summed E-state index contributed by atoms with van der Waals surface area (Å²) >= 11 is 0. The minimum Gasteiger partial charge on any atom is -0.478 e. The van der Waals surface area contributed by atoms with Crippen LogP contribution in [0.5, 0.6) is 0 Å². The average Bonchev–Trinajstić information content (AvgIpc) is 2.74. The zero-order valence-electron chi connectivity index (χ0n) is 11.0. The maximum atomic E-state index is 12.0. The molecule has 20 heavy (non-hydrogen) atoms. The van der Waals surface area contributed by atoms with Crippen molar-refractivity contribution in [3.8, 4) is 0 Å². The third kappa shape index (κ3) is 3.35. The number of carboxylic acids is 1. The molecule has 0 fully saturated rings. The molecule has 0 spiro atoms. The van der Waals surface area contributed by atoms with Crippen molar-refractivity contribution in [2.75, 3.05) is 12.8 Å². The Morgan fingerprint density at radius 2 is 1.95 bits per heavy atom. The molecule has 0 aliphatic rings. The highest BCUT2D eigenvalue weighted by atomic mass is 32.2. The molecule has 0 saturated carbocycles. The summed E-state index contributed by atoms with van der Waals surface area (Å²) < 4.78 is 47.6. The summed E-state index contributed by atoms with van der Waals surface area (Å²) in [4.78, 5) is 10.8. The fraction of sp³-hybridized carbons (Fsp3) is 0.556. The van der Waals surface area contributed by atoms with Gasteiger partial charge >= 0.3 is 5.97 Å². The van der Waals surface area contributed by atoms with Crippen molar-refractivity contribution < 1.29 is 26.7 Å². The van der Waals surface area contributed by atoms with Crippen LogP contribution in [0.4, 0.5) is 0 Å². The third-order valence-electron chi connectivity index (χ3n) is 2.80. The smallest absolute Gasteiger partial charge is 0.340 e. The Kier molecular flexibility index (Phi) is 4.27. The molecular weight excluding hydrogens is 310 g/mol. The van der Waals surface area contributed by atoms with Gasteiger partial charge in [0.05, 0.1) is 10.9 Å². The Labute approximate surface area is 116 Å². The summed E-state index contributed by atoms with van der Waals surface area (Å²) in [6, 6.07) is 0. The predicted octanol–water partition coefficient (Wildman–Crippen LogP) is -0.791. The van der Waals surface area contributed by atoms with Crippen LogP contribution in [0.15, 0.2) is 11.2 Å². The molecule has 0 aromatic carbocycles. The molecule has 11 heteroatoms. The second-order valence-electron chi connectivity index (χ2n) is 4.77. The van der Waals surface area contributed by atoms with Crippen LogP contribution in [0.25, 0.3) is 0 Å². The Morgan fingerprint density at radius 1 is 1.40 bits per heavy atom. The van der Waals surface area contributed by atoms with Crippen molar-refractivity contribution in [2.24, 2.45) is 0 Å². The standard InChI is InChI=1S/C9H15N3O6S2/c1-9(2,19(3,15)16)5-11-20(17,18)7-6(8(13)14)4-10-12-7/h4,11H,5H2,1-3H3,(H,10,12)(H,13,14). The fourth-order valence-corrected chi connectivity index (χ4v) is 2.83. The van der Waals surface area contributed by atoms with Gasteiger partial charge in [-0.15, -0.1) is 0 Å². The van der Waals surface area contributed by atoms with Gasteiger partial charge in [-0.3, -0.25) is 5.10 Å². The van der Waals surface area contributed by atoms with E-state index in [9.17, 15) is 21.6 Å². The largest absolute Gasteiger partial charge is 0.478 e. The molecule has 1 heterocycles. The number of carbonyl (C=O) groups is 1. The Hall–Kier alpha value is -1.46. The quantitative estimate of drug-likeness (QED) is 0.621. The first-order valence-electron chi connectivity index (χ1n) is 5.34. The molecule has 0 saturated heterocycles. The van der Waals surface area contributed by atoms with Gasteiger partial charge in [-0.05, 0) is 13.8 Å². The van der Waals surface area contributed by atoms with Crippen LogP contribution in [0.3, 0.4) is 0 Å². The minimum absolute atomic E-state index is 0.397. The number of sulfone groups is 1. The molecule has 0 radical (unpaired) electrons. The number of nitrogens with one attached hydrogen (secondary N) is 2. The van der Waals surface area contributed by atoms with Crippen molar-refractivity contribution in [1.29, 1.82) is 0 Å². The number of hydrogen-bond acceptors (Lipinski definition) is 6. The maximum absolute atomic E-state index is 12.0. The van der Waals surface area contributed by atoms with E-state index in [4.69, 9.17) is 5.11 Å². The first kappa shape index (κ1) is 16.6. The lowest BCUT2D eigenvalue weighted by Crippen LogP contribution is -2.44. The van der Waals surface area contributed by atoms with Crippen LogP contribution in [0.2, 0.25) is 0 Å². The highest BCUT2D eigenvalue weighted by Crippen LogP contribution is 2.16. The topological polar surface area (TPSA) is 146 Å². The molecule has 1 rings (SSSR count). The number of sulfonamides is 1. The Morgan fingerprint density at radius 3 is 2.40 bits per heavy atom. The number of aromatic nitrogens is 2. The number of aromatic amines is 1. The number of aromatic carboxylic acids is 1. The molecule has 9 nitrogen and oxygen atoms in total. The average molecular weight is 325 g/mol. The summed E-state index contributed by atoms with van der Waals surface area (Å²) in [5.41, 5.74) is -0.519. The van der Waals surface area contributed by atoms with Crippen molar-refractivity contribution in [3.05, 3.63) is 11.8 Å². The van der Waals surface area contributed by atoms with E-state index in [0.29, 0.717) is 0 Å². The first-order chi connectivity index (χ1) is 8.88. The first-order valence-corrected chi connectivity index (χ1v) is 8.72. The lowest BCUT2D eigenvalue weighted by atomic mass is 10.2. The summed E-state index contributed by atoms with van der Waals surface area (Å²) in [6.45, 7) is 2.32. The van der Waals surface area contributed by atoms with Gasteiger partial charge in [-0.1, -0.05) is 0 Å². The molecule has 1 aromatic rings. The molecule has 114 valence electrons. The van der Waals surface area contributed by atoms with Crippen molar-refractivity contribution in [3.63, 3.8) is 0 Å². The molecule has 0 bridgehead atoms. The molecule has 0 atom stereocenters. The van der Waals surface area contributed by atoms with Gasteiger partial charge in [0.1, 0.15) is 5.56 Å². The minimum atomic E-state index is -4.20. The van der Waals surface area contributed by atoms with Crippen LogP contribution in [0.1, 0.15) is 24.2 Å².